The van der Waals surface area contributed by atoms with E-state index in [2.05, 4.69) is 22.8 Å². The zero-order chi connectivity index (χ0) is 20.7. The van der Waals surface area contributed by atoms with Gasteiger partial charge in [-0.2, -0.15) is 4.31 Å². The van der Waals surface area contributed by atoms with Gasteiger partial charge in [0.15, 0.2) is 0 Å². The summed E-state index contributed by atoms with van der Waals surface area (Å²) in [7, 11) is -3.75. The van der Waals surface area contributed by atoms with Crippen molar-refractivity contribution in [3.05, 3.63) is 60.2 Å². The fraction of sp³-hybridized carbons (Fsp3) is 0.300. The van der Waals surface area contributed by atoms with Crippen LogP contribution in [0.5, 0.6) is 0 Å². The molecule has 1 fully saturated rings. The number of piperazine rings is 1. The minimum absolute atomic E-state index is 0.0722. The number of nitrogens with one attached hydrogen (secondary N) is 2. The van der Waals surface area contributed by atoms with Gasteiger partial charge < -0.3 is 10.6 Å². The van der Waals surface area contributed by atoms with Crippen molar-refractivity contribution in [1.29, 1.82) is 0 Å². The molecular formula is C20H23N3O4S2. The van der Waals surface area contributed by atoms with Crippen LogP contribution in [0.3, 0.4) is 0 Å². The first-order chi connectivity index (χ1) is 14.0. The van der Waals surface area contributed by atoms with Crippen molar-refractivity contribution in [2.45, 2.75) is 16.2 Å². The highest BCUT2D eigenvalue weighted by Gasteiger charge is 2.29. The summed E-state index contributed by atoms with van der Waals surface area (Å²) < 4.78 is 26.4. The molecule has 9 heteroatoms. The SMILES string of the molecule is O=C1CN(S(=O)(=O)c2ccc(C(=O)NCCCSc3ccccc3)cc2)CCN1. The van der Waals surface area contributed by atoms with E-state index in [9.17, 15) is 18.0 Å². The normalized spacial score (nSPS) is 15.0. The van der Waals surface area contributed by atoms with Gasteiger partial charge in [-0.3, -0.25) is 9.59 Å². The third-order valence-corrected chi connectivity index (χ3v) is 7.33. The van der Waals surface area contributed by atoms with Gasteiger partial charge >= 0.3 is 0 Å². The molecule has 0 bridgehead atoms. The summed E-state index contributed by atoms with van der Waals surface area (Å²) in [5.41, 5.74) is 0.399. The van der Waals surface area contributed by atoms with E-state index >= 15 is 0 Å². The quantitative estimate of drug-likeness (QED) is 0.488. The summed E-state index contributed by atoms with van der Waals surface area (Å²) in [6, 6.07) is 15.9. The second kappa shape index (κ2) is 9.91. The number of amides is 2. The zero-order valence-corrected chi connectivity index (χ0v) is 17.5. The first kappa shape index (κ1) is 21.4. The predicted molar refractivity (Wildman–Crippen MR) is 112 cm³/mol. The van der Waals surface area contributed by atoms with Crippen LogP contribution < -0.4 is 10.6 Å². The Kier molecular flexibility index (Phi) is 7.29. The van der Waals surface area contributed by atoms with E-state index in [-0.39, 0.29) is 29.8 Å². The summed E-state index contributed by atoms with van der Waals surface area (Å²) in [4.78, 5) is 25.0. The minimum atomic E-state index is -3.75. The molecule has 2 N–H and O–H groups in total. The Balaban J connectivity index is 1.49. The van der Waals surface area contributed by atoms with Crippen molar-refractivity contribution < 1.29 is 18.0 Å². The van der Waals surface area contributed by atoms with Gasteiger partial charge in [-0.25, -0.2) is 8.42 Å². The van der Waals surface area contributed by atoms with Crippen LogP contribution in [0.15, 0.2) is 64.4 Å². The second-order valence-corrected chi connectivity index (χ2v) is 9.59. The van der Waals surface area contributed by atoms with Crippen LogP contribution in [0.1, 0.15) is 16.8 Å². The number of carbonyl (C=O) groups excluding carboxylic acids is 2. The largest absolute Gasteiger partial charge is 0.354 e. The number of nitrogens with zero attached hydrogens (tertiary/aromatic N) is 1. The van der Waals surface area contributed by atoms with Gasteiger partial charge in [-0.1, -0.05) is 18.2 Å². The van der Waals surface area contributed by atoms with Crippen LogP contribution in [0, 0.1) is 0 Å². The molecule has 2 aromatic carbocycles. The fourth-order valence-electron chi connectivity index (χ4n) is 2.83. The molecule has 3 rings (SSSR count). The standard InChI is InChI=1S/C20H23N3O4S2/c24-19-15-23(13-12-21-19)29(26,27)18-9-7-16(8-10-18)20(25)22-11-4-14-28-17-5-2-1-3-6-17/h1-3,5-10H,4,11-15H2,(H,21,24)(H,22,25). The maximum atomic E-state index is 12.6. The topological polar surface area (TPSA) is 95.6 Å². The van der Waals surface area contributed by atoms with Gasteiger partial charge in [0.25, 0.3) is 5.91 Å². The lowest BCUT2D eigenvalue weighted by molar-refractivity contribution is -0.122. The van der Waals surface area contributed by atoms with Gasteiger partial charge in [0.05, 0.1) is 11.4 Å². The summed E-state index contributed by atoms with van der Waals surface area (Å²) in [5.74, 6) is 0.336. The average molecular weight is 434 g/mol. The Morgan fingerprint density at radius 3 is 2.52 bits per heavy atom. The molecule has 29 heavy (non-hydrogen) atoms. The van der Waals surface area contributed by atoms with E-state index in [1.807, 2.05) is 18.2 Å². The van der Waals surface area contributed by atoms with E-state index in [4.69, 9.17) is 0 Å². The lowest BCUT2D eigenvalue weighted by Crippen LogP contribution is -2.49. The van der Waals surface area contributed by atoms with Gasteiger partial charge in [-0.15, -0.1) is 11.8 Å². The maximum absolute atomic E-state index is 12.6. The molecule has 0 saturated carbocycles. The van der Waals surface area contributed by atoms with Crippen molar-refractivity contribution in [3.8, 4) is 0 Å². The monoisotopic (exact) mass is 433 g/mol. The Hall–Kier alpha value is -2.36. The molecule has 0 radical (unpaired) electrons. The molecule has 1 saturated heterocycles. The highest BCUT2D eigenvalue weighted by atomic mass is 32.2. The molecule has 0 spiro atoms. The molecule has 0 aliphatic carbocycles. The smallest absolute Gasteiger partial charge is 0.251 e. The molecule has 154 valence electrons. The van der Waals surface area contributed by atoms with Gasteiger partial charge in [-0.05, 0) is 48.6 Å². The molecule has 1 aliphatic rings. The predicted octanol–water partition coefficient (Wildman–Crippen LogP) is 1.72. The Morgan fingerprint density at radius 2 is 1.83 bits per heavy atom. The molecule has 0 aromatic heterocycles. The van der Waals surface area contributed by atoms with Crippen LogP contribution in [0.25, 0.3) is 0 Å². The van der Waals surface area contributed by atoms with Gasteiger partial charge in [0.1, 0.15) is 0 Å². The molecular weight excluding hydrogens is 410 g/mol. The zero-order valence-electron chi connectivity index (χ0n) is 15.8. The van der Waals surface area contributed by atoms with Crippen LogP contribution in [0.4, 0.5) is 0 Å². The number of carbonyl (C=O) groups is 2. The molecule has 2 aromatic rings. The van der Waals surface area contributed by atoms with Crippen molar-refractivity contribution >= 4 is 33.6 Å². The highest BCUT2D eigenvalue weighted by Crippen LogP contribution is 2.18. The number of benzene rings is 2. The molecule has 1 heterocycles. The Morgan fingerprint density at radius 1 is 1.10 bits per heavy atom. The number of thioether (sulfide) groups is 1. The van der Waals surface area contributed by atoms with Crippen molar-refractivity contribution in [2.24, 2.45) is 0 Å². The lowest BCUT2D eigenvalue weighted by atomic mass is 10.2. The van der Waals surface area contributed by atoms with E-state index in [1.165, 1.54) is 29.2 Å². The third kappa shape index (κ3) is 5.81. The maximum Gasteiger partial charge on any atom is 0.251 e. The Bertz CT molecular complexity index is 947. The van der Waals surface area contributed by atoms with Crippen molar-refractivity contribution in [1.82, 2.24) is 14.9 Å². The van der Waals surface area contributed by atoms with E-state index in [0.29, 0.717) is 18.7 Å². The van der Waals surface area contributed by atoms with Crippen molar-refractivity contribution in [2.75, 3.05) is 31.9 Å². The molecule has 0 unspecified atom stereocenters. The summed E-state index contributed by atoms with van der Waals surface area (Å²) in [6.07, 6.45) is 0.828. The van der Waals surface area contributed by atoms with Crippen molar-refractivity contribution in [3.63, 3.8) is 0 Å². The highest BCUT2D eigenvalue weighted by molar-refractivity contribution is 7.99. The Labute approximate surface area is 174 Å². The van der Waals surface area contributed by atoms with E-state index in [1.54, 1.807) is 11.8 Å². The van der Waals surface area contributed by atoms with Gasteiger partial charge in [0.2, 0.25) is 15.9 Å². The summed E-state index contributed by atoms with van der Waals surface area (Å²) >= 11 is 1.74. The third-order valence-electron chi connectivity index (χ3n) is 4.38. The van der Waals surface area contributed by atoms with E-state index in [0.717, 1.165) is 16.5 Å². The lowest BCUT2D eigenvalue weighted by Gasteiger charge is -2.25. The number of rotatable bonds is 8. The molecule has 1 aliphatic heterocycles. The van der Waals surface area contributed by atoms with E-state index < -0.39 is 10.0 Å². The van der Waals surface area contributed by atoms with Gasteiger partial charge in [0, 0.05) is 30.1 Å². The number of sulfonamides is 1. The number of hydrogen-bond donors (Lipinski definition) is 2. The first-order valence-corrected chi connectivity index (χ1v) is 11.7. The minimum Gasteiger partial charge on any atom is -0.354 e. The van der Waals surface area contributed by atoms with Crippen LogP contribution in [-0.2, 0) is 14.8 Å². The van der Waals surface area contributed by atoms with Crippen LogP contribution in [0.2, 0.25) is 0 Å². The molecule has 7 nitrogen and oxygen atoms in total. The summed E-state index contributed by atoms with van der Waals surface area (Å²) in [5, 5.41) is 5.45. The average Bonchev–Trinajstić information content (AvgIpc) is 2.74. The molecule has 2 amide bonds. The fourth-order valence-corrected chi connectivity index (χ4v) is 5.10. The van der Waals surface area contributed by atoms with Crippen LogP contribution in [-0.4, -0.2) is 56.5 Å². The number of hydrogen-bond acceptors (Lipinski definition) is 5. The molecule has 0 atom stereocenters. The van der Waals surface area contributed by atoms with Crippen LogP contribution >= 0.6 is 11.8 Å². The summed E-state index contributed by atoms with van der Waals surface area (Å²) in [6.45, 7) is 0.881. The second-order valence-electron chi connectivity index (χ2n) is 6.48. The first-order valence-electron chi connectivity index (χ1n) is 9.30.